The molecule has 0 saturated carbocycles. The molecule has 2 saturated heterocycles. The van der Waals surface area contributed by atoms with Crippen LogP contribution in [0.15, 0.2) is 36.9 Å². The molecule has 16 nitrogen and oxygen atoms in total. The number of rotatable bonds is 9. The van der Waals surface area contributed by atoms with Crippen molar-refractivity contribution < 1.29 is 47.6 Å². The molecule has 5 rings (SSSR count). The molecule has 3 aromatic rings. The second kappa shape index (κ2) is 12.2. The van der Waals surface area contributed by atoms with Crippen LogP contribution >= 0.6 is 7.82 Å². The SMILES string of the molecule is B[PH]1(O)OC[C@H]2O[C@@H](n3cnc4c(N)ncnc43)C(OC(=O)CCC(=O)NC(Cc3ccc(O)cc3)C(=O)OC)[C@H]2O1. The van der Waals surface area contributed by atoms with Crippen molar-refractivity contribution in [3.8, 4) is 5.75 Å². The van der Waals surface area contributed by atoms with Gasteiger partial charge in [0.25, 0.3) is 0 Å². The summed E-state index contributed by atoms with van der Waals surface area (Å²) in [6.45, 7) is 0.0105. The fourth-order valence-electron chi connectivity index (χ4n) is 4.81. The van der Waals surface area contributed by atoms with Gasteiger partial charge in [-0.15, -0.1) is 0 Å². The first-order valence-electron chi connectivity index (χ1n) is 13.0. The van der Waals surface area contributed by atoms with Crippen LogP contribution < -0.4 is 11.1 Å². The van der Waals surface area contributed by atoms with Crippen LogP contribution in [0, 0.1) is 0 Å². The van der Waals surface area contributed by atoms with E-state index in [1.165, 1.54) is 44.0 Å². The van der Waals surface area contributed by atoms with Gasteiger partial charge >= 0.3 is 198 Å². The van der Waals surface area contributed by atoms with E-state index in [0.29, 0.717) is 16.7 Å². The predicted molar refractivity (Wildman–Crippen MR) is 148 cm³/mol. The first-order valence-corrected chi connectivity index (χ1v) is 15.3. The number of phenolic OH excluding ortho intramolecular Hbond substituents is 1. The molecule has 2 aliphatic rings. The number of ether oxygens (including phenoxy) is 3. The fourth-order valence-corrected chi connectivity index (χ4v) is 6.14. The molecule has 18 heteroatoms. The van der Waals surface area contributed by atoms with Gasteiger partial charge in [-0.05, 0) is 12.1 Å². The van der Waals surface area contributed by atoms with Crippen molar-refractivity contribution in [2.75, 3.05) is 19.5 Å². The van der Waals surface area contributed by atoms with Gasteiger partial charge in [0.1, 0.15) is 5.75 Å². The Balaban J connectivity index is 1.26. The fraction of sp³-hybridized carbons (Fsp3) is 0.417. The van der Waals surface area contributed by atoms with Crippen LogP contribution in [0.3, 0.4) is 0 Å². The molecule has 0 radical (unpaired) electrons. The van der Waals surface area contributed by atoms with Crippen molar-refractivity contribution in [1.82, 2.24) is 24.8 Å². The summed E-state index contributed by atoms with van der Waals surface area (Å²) in [4.78, 5) is 60.8. The Morgan fingerprint density at radius 1 is 1.24 bits per heavy atom. The molecule has 5 atom stereocenters. The Hall–Kier alpha value is -3.89. The van der Waals surface area contributed by atoms with Gasteiger partial charge in [-0.25, -0.2) is 0 Å². The normalized spacial score (nSPS) is 24.3. The van der Waals surface area contributed by atoms with Crippen LogP contribution in [-0.4, -0.2) is 93.0 Å². The zero-order valence-electron chi connectivity index (χ0n) is 22.7. The Kier molecular flexibility index (Phi) is 8.57. The second-order valence-electron chi connectivity index (χ2n) is 9.91. The van der Waals surface area contributed by atoms with E-state index in [2.05, 4.69) is 20.3 Å². The molecule has 2 aromatic heterocycles. The van der Waals surface area contributed by atoms with Gasteiger partial charge < -0.3 is 5.11 Å². The van der Waals surface area contributed by atoms with Crippen LogP contribution in [-0.2, 0) is 44.1 Å². The third-order valence-corrected chi connectivity index (χ3v) is 8.25. The number of carbonyl (C=O) groups is 3. The zero-order valence-corrected chi connectivity index (χ0v) is 23.7. The van der Waals surface area contributed by atoms with Crippen LogP contribution in [0.1, 0.15) is 24.6 Å². The number of carbonyl (C=O) groups excluding carboxylic acids is 3. The molecule has 2 aliphatic heterocycles. The van der Waals surface area contributed by atoms with Gasteiger partial charge in [0.2, 0.25) is 0 Å². The number of anilines is 1. The van der Waals surface area contributed by atoms with Gasteiger partial charge in [-0.2, -0.15) is 0 Å². The Morgan fingerprint density at radius 2 is 2.00 bits per heavy atom. The van der Waals surface area contributed by atoms with Crippen LogP contribution in [0.4, 0.5) is 5.82 Å². The number of amides is 1. The average Bonchev–Trinajstić information content (AvgIpc) is 3.53. The predicted octanol–water partition coefficient (Wildman–Crippen LogP) is -0.945. The van der Waals surface area contributed by atoms with E-state index < -0.39 is 56.2 Å². The standard InChI is InChI=1S/C24H30BN6O10P/c1-37-24(35)14(8-12-2-4-13(32)5-3-12)30-16(33)6-7-17(34)40-20-19-15(9-38-42(25,36)41-19)39-23(20)31-11-29-18-21(26)27-10-28-22(18)31/h2-5,10-11,14-15,19-20,23,32,36,42H,6-9,25H2,1H3,(H,30,33)(H2,26,27,28)/t14?,15-,19+,20?,23-/m1/s1. The third kappa shape index (κ3) is 6.45. The molecule has 1 aromatic carbocycles. The molecular weight excluding hydrogens is 574 g/mol. The summed E-state index contributed by atoms with van der Waals surface area (Å²) in [6, 6.07) is 5.15. The molecule has 0 bridgehead atoms. The number of aromatic nitrogens is 4. The molecule has 5 N–H and O–H groups in total. The quantitative estimate of drug-likeness (QED) is 0.132. The third-order valence-electron chi connectivity index (χ3n) is 6.84. The van der Waals surface area contributed by atoms with Crippen LogP contribution in [0.25, 0.3) is 11.2 Å². The summed E-state index contributed by atoms with van der Waals surface area (Å²) in [6.07, 6.45) is -1.39. The number of benzene rings is 1. The molecule has 224 valence electrons. The summed E-state index contributed by atoms with van der Waals surface area (Å²) in [7, 11) is -0.874. The molecule has 2 unspecified atom stereocenters. The molecule has 0 spiro atoms. The van der Waals surface area contributed by atoms with Crippen LogP contribution in [0.2, 0.25) is 0 Å². The first kappa shape index (κ1) is 29.6. The average molecular weight is 604 g/mol. The number of esters is 2. The number of methoxy groups -OCH3 is 1. The maximum absolute atomic E-state index is 13.0. The number of imidazole rings is 1. The summed E-state index contributed by atoms with van der Waals surface area (Å²) < 4.78 is 29.4. The van der Waals surface area contributed by atoms with Gasteiger partial charge in [-0.1, -0.05) is 12.1 Å². The Bertz CT molecular complexity index is 1470. The summed E-state index contributed by atoms with van der Waals surface area (Å²) in [5.74, 6) is -1.77. The number of nitrogens with zero attached hydrogens (tertiary/aromatic N) is 4. The molecule has 2 fully saturated rings. The van der Waals surface area contributed by atoms with Crippen molar-refractivity contribution in [2.24, 2.45) is 0 Å². The van der Waals surface area contributed by atoms with Crippen molar-refractivity contribution in [3.05, 3.63) is 42.5 Å². The first-order chi connectivity index (χ1) is 20.0. The zero-order chi connectivity index (χ0) is 30.0. The number of aromatic hydroxyl groups is 1. The van der Waals surface area contributed by atoms with E-state index in [1.807, 2.05) is 0 Å². The van der Waals surface area contributed by atoms with E-state index >= 15 is 0 Å². The summed E-state index contributed by atoms with van der Waals surface area (Å²) >= 11 is 0. The van der Waals surface area contributed by atoms with Crippen molar-refractivity contribution in [2.45, 2.75) is 49.8 Å². The minimum atomic E-state index is -3.51. The molecule has 1 amide bonds. The van der Waals surface area contributed by atoms with E-state index in [1.54, 1.807) is 12.1 Å². The van der Waals surface area contributed by atoms with E-state index in [-0.39, 0.29) is 37.4 Å². The number of phenols is 1. The number of fused-ring (bicyclic) bond motifs is 2. The molecule has 42 heavy (non-hydrogen) atoms. The van der Waals surface area contributed by atoms with Gasteiger partial charge in [0.15, 0.2) is 0 Å². The van der Waals surface area contributed by atoms with Crippen LogP contribution in [0.5, 0.6) is 5.75 Å². The van der Waals surface area contributed by atoms with E-state index in [4.69, 9.17) is 29.0 Å². The number of nitrogen functional groups attached to an aromatic ring is 1. The summed E-state index contributed by atoms with van der Waals surface area (Å²) in [5.41, 5.74) is 7.25. The molecule has 0 aliphatic carbocycles. The van der Waals surface area contributed by atoms with Crippen molar-refractivity contribution in [3.63, 3.8) is 0 Å². The Morgan fingerprint density at radius 3 is 2.74 bits per heavy atom. The van der Waals surface area contributed by atoms with Gasteiger partial charge in [0, 0.05) is 0 Å². The maximum atomic E-state index is 13.0. The van der Waals surface area contributed by atoms with E-state index in [0.717, 1.165) is 0 Å². The van der Waals surface area contributed by atoms with Gasteiger partial charge in [-0.3, -0.25) is 0 Å². The van der Waals surface area contributed by atoms with Gasteiger partial charge in [0.05, 0.1) is 7.11 Å². The minimum absolute atomic E-state index is 0.0105. The second-order valence-corrected chi connectivity index (χ2v) is 12.2. The number of nitrogens with one attached hydrogen (secondary N) is 1. The number of hydrogen-bond acceptors (Lipinski definition) is 14. The summed E-state index contributed by atoms with van der Waals surface area (Å²) in [5, 5.41) is 12.1. The van der Waals surface area contributed by atoms with Crippen molar-refractivity contribution in [1.29, 1.82) is 0 Å². The Labute approximate surface area is 240 Å². The van der Waals surface area contributed by atoms with Crippen molar-refractivity contribution >= 4 is 50.2 Å². The molecule has 4 heterocycles. The number of nitrogens with two attached hydrogens (primary N) is 1. The molecular formula is C24H30BN6O10P. The number of hydrogen-bond donors (Lipinski definition) is 4. The van der Waals surface area contributed by atoms with E-state index in [9.17, 15) is 24.4 Å². The monoisotopic (exact) mass is 604 g/mol. The topological polar surface area (TPSA) is 219 Å².